The molecule has 0 atom stereocenters. The molecule has 27 heavy (non-hydrogen) atoms. The lowest BCUT2D eigenvalue weighted by atomic mass is 9.96. The molecule has 1 amide bonds. The quantitative estimate of drug-likeness (QED) is 0.224. The van der Waals surface area contributed by atoms with Crippen molar-refractivity contribution in [2.45, 2.75) is 84.3 Å². The second-order valence-corrected chi connectivity index (χ2v) is 8.14. The predicted molar refractivity (Wildman–Crippen MR) is 126 cm³/mol. The zero-order valence-electron chi connectivity index (χ0n) is 18.3. The summed E-state index contributed by atoms with van der Waals surface area (Å²) in [4.78, 5) is 20.5. The van der Waals surface area contributed by atoms with Crippen LogP contribution in [0.5, 0.6) is 0 Å². The molecule has 0 aromatic carbocycles. The highest BCUT2D eigenvalue weighted by Crippen LogP contribution is 2.17. The van der Waals surface area contributed by atoms with Gasteiger partial charge in [-0.15, -0.1) is 24.0 Å². The van der Waals surface area contributed by atoms with E-state index in [0.717, 1.165) is 25.5 Å². The summed E-state index contributed by atoms with van der Waals surface area (Å²) in [6, 6.07) is 1.59. The number of aliphatic imine (C=N–C) groups is 1. The molecule has 0 aromatic heterocycles. The van der Waals surface area contributed by atoms with Crippen molar-refractivity contribution in [2.24, 2.45) is 4.99 Å². The van der Waals surface area contributed by atoms with Crippen molar-refractivity contribution >= 4 is 35.8 Å². The molecule has 2 N–H and O–H groups in total. The van der Waals surface area contributed by atoms with Gasteiger partial charge in [0.1, 0.15) is 6.54 Å². The Kier molecular flexibility index (Phi) is 14.1. The highest BCUT2D eigenvalue weighted by Gasteiger charge is 2.16. The topological polar surface area (TPSA) is 60.0 Å². The highest BCUT2D eigenvalue weighted by molar-refractivity contribution is 14.0. The number of rotatable bonds is 9. The summed E-state index contributed by atoms with van der Waals surface area (Å²) in [5.41, 5.74) is 0. The molecule has 0 bridgehead atoms. The molecule has 160 valence electrons. The van der Waals surface area contributed by atoms with Crippen LogP contribution < -0.4 is 10.6 Å². The Morgan fingerprint density at radius 2 is 1.67 bits per heavy atom. The number of guanidine groups is 1. The van der Waals surface area contributed by atoms with E-state index >= 15 is 0 Å². The number of halogens is 1. The van der Waals surface area contributed by atoms with Gasteiger partial charge in [0.15, 0.2) is 5.96 Å². The summed E-state index contributed by atoms with van der Waals surface area (Å²) in [5.74, 6) is 0.813. The first-order chi connectivity index (χ1) is 12.3. The first-order valence-corrected chi connectivity index (χ1v) is 10.3. The Balaban J connectivity index is 0.00000676. The van der Waals surface area contributed by atoms with Crippen molar-refractivity contribution in [2.75, 3.05) is 33.7 Å². The van der Waals surface area contributed by atoms with Gasteiger partial charge >= 0.3 is 0 Å². The van der Waals surface area contributed by atoms with E-state index in [0.29, 0.717) is 18.1 Å². The van der Waals surface area contributed by atoms with E-state index in [1.807, 2.05) is 0 Å². The van der Waals surface area contributed by atoms with Crippen molar-refractivity contribution in [1.82, 2.24) is 20.4 Å². The van der Waals surface area contributed by atoms with Gasteiger partial charge in [-0.2, -0.15) is 0 Å². The van der Waals surface area contributed by atoms with Crippen LogP contribution in [-0.4, -0.2) is 73.5 Å². The molecular weight excluding hydrogens is 453 g/mol. The zero-order valence-corrected chi connectivity index (χ0v) is 20.6. The van der Waals surface area contributed by atoms with E-state index in [4.69, 9.17) is 0 Å². The molecule has 1 aliphatic rings. The molecule has 0 aliphatic heterocycles. The molecule has 0 aromatic rings. The van der Waals surface area contributed by atoms with Gasteiger partial charge in [-0.25, -0.2) is 4.99 Å². The second-order valence-electron chi connectivity index (χ2n) is 8.14. The van der Waals surface area contributed by atoms with E-state index in [-0.39, 0.29) is 36.4 Å². The van der Waals surface area contributed by atoms with Crippen LogP contribution in [0, 0.1) is 0 Å². The molecule has 1 saturated carbocycles. The third-order valence-corrected chi connectivity index (χ3v) is 5.03. The summed E-state index contributed by atoms with van der Waals surface area (Å²) in [6.07, 6.45) is 7.33. The maximum Gasteiger partial charge on any atom is 0.243 e. The Morgan fingerprint density at radius 1 is 1.07 bits per heavy atom. The molecule has 7 heteroatoms. The molecule has 0 spiro atoms. The van der Waals surface area contributed by atoms with Crippen LogP contribution in [0.3, 0.4) is 0 Å². The molecule has 1 fully saturated rings. The third kappa shape index (κ3) is 11.1. The van der Waals surface area contributed by atoms with E-state index in [9.17, 15) is 4.79 Å². The molecule has 1 rings (SSSR count). The van der Waals surface area contributed by atoms with Crippen molar-refractivity contribution in [3.8, 4) is 0 Å². The number of amides is 1. The van der Waals surface area contributed by atoms with E-state index in [1.54, 1.807) is 19.0 Å². The summed E-state index contributed by atoms with van der Waals surface area (Å²) in [7, 11) is 3.54. The fourth-order valence-electron chi connectivity index (χ4n) is 3.46. The smallest absolute Gasteiger partial charge is 0.243 e. The van der Waals surface area contributed by atoms with Gasteiger partial charge in [0, 0.05) is 45.3 Å². The molecule has 0 unspecified atom stereocenters. The number of hydrogen-bond acceptors (Lipinski definition) is 3. The van der Waals surface area contributed by atoms with E-state index in [2.05, 4.69) is 48.2 Å². The average molecular weight is 495 g/mol. The fourth-order valence-corrected chi connectivity index (χ4v) is 3.46. The summed E-state index contributed by atoms with van der Waals surface area (Å²) in [5, 5.41) is 6.97. The van der Waals surface area contributed by atoms with Crippen molar-refractivity contribution in [1.29, 1.82) is 0 Å². The minimum Gasteiger partial charge on any atom is -0.356 e. The lowest BCUT2D eigenvalue weighted by Gasteiger charge is -2.30. The zero-order chi connectivity index (χ0) is 19.5. The molecular formula is C20H42IN5O. The molecule has 0 heterocycles. The van der Waals surface area contributed by atoms with Crippen LogP contribution in [0.1, 0.15) is 66.2 Å². The van der Waals surface area contributed by atoms with E-state index < -0.39 is 0 Å². The first kappa shape index (κ1) is 26.4. The van der Waals surface area contributed by atoms with E-state index in [1.165, 1.54) is 32.1 Å². The maximum atomic E-state index is 11.9. The standard InChI is InChI=1S/C20H41N5O.HI/c1-16(2)25(17(3)4)14-10-13-21-20(22-15-19(26)24(5)6)23-18-11-8-7-9-12-18;/h16-18H,7-15H2,1-6H3,(H2,21,22,23);1H. The number of carbonyl (C=O) groups is 1. The monoisotopic (exact) mass is 495 g/mol. The van der Waals surface area contributed by atoms with Gasteiger partial charge in [0.05, 0.1) is 0 Å². The molecule has 6 nitrogen and oxygen atoms in total. The Labute approximate surface area is 183 Å². The van der Waals surface area contributed by atoms with Gasteiger partial charge < -0.3 is 15.5 Å². The predicted octanol–water partition coefficient (Wildman–Crippen LogP) is 3.07. The molecule has 1 aliphatic carbocycles. The lowest BCUT2D eigenvalue weighted by molar-refractivity contribution is -0.127. The third-order valence-electron chi connectivity index (χ3n) is 5.03. The maximum absolute atomic E-state index is 11.9. The van der Waals surface area contributed by atoms with Gasteiger partial charge in [-0.3, -0.25) is 9.69 Å². The lowest BCUT2D eigenvalue weighted by Crippen LogP contribution is -2.46. The Bertz CT molecular complexity index is 426. The summed E-state index contributed by atoms with van der Waals surface area (Å²) < 4.78 is 0. The van der Waals surface area contributed by atoms with Crippen molar-refractivity contribution < 1.29 is 4.79 Å². The van der Waals surface area contributed by atoms with Crippen molar-refractivity contribution in [3.63, 3.8) is 0 Å². The van der Waals surface area contributed by atoms with Gasteiger partial charge in [0.2, 0.25) is 5.91 Å². The SMILES string of the molecule is CC(C)N(CCCNC(=NCC(=O)N(C)C)NC1CCCCC1)C(C)C.I. The Morgan fingerprint density at radius 3 is 2.19 bits per heavy atom. The number of hydrogen-bond donors (Lipinski definition) is 2. The van der Waals surface area contributed by atoms with Crippen LogP contribution >= 0.6 is 24.0 Å². The largest absolute Gasteiger partial charge is 0.356 e. The second kappa shape index (κ2) is 14.4. The Hall–Kier alpha value is -0.570. The first-order valence-electron chi connectivity index (χ1n) is 10.3. The van der Waals surface area contributed by atoms with Crippen LogP contribution in [0.15, 0.2) is 4.99 Å². The minimum absolute atomic E-state index is 0. The number of likely N-dealkylation sites (N-methyl/N-ethyl adjacent to an activating group) is 1. The highest BCUT2D eigenvalue weighted by atomic mass is 127. The van der Waals surface area contributed by atoms with Gasteiger partial charge in [0.25, 0.3) is 0 Å². The average Bonchev–Trinajstić information content (AvgIpc) is 2.58. The van der Waals surface area contributed by atoms with Crippen LogP contribution in [0.25, 0.3) is 0 Å². The van der Waals surface area contributed by atoms with Crippen LogP contribution in [-0.2, 0) is 4.79 Å². The summed E-state index contributed by atoms with van der Waals surface area (Å²) in [6.45, 7) is 11.1. The number of nitrogens with zero attached hydrogens (tertiary/aromatic N) is 3. The van der Waals surface area contributed by atoms with Crippen LogP contribution in [0.4, 0.5) is 0 Å². The van der Waals surface area contributed by atoms with Gasteiger partial charge in [-0.05, 0) is 47.0 Å². The molecule has 0 radical (unpaired) electrons. The van der Waals surface area contributed by atoms with Crippen molar-refractivity contribution in [3.05, 3.63) is 0 Å². The van der Waals surface area contributed by atoms with Crippen LogP contribution in [0.2, 0.25) is 0 Å². The fraction of sp³-hybridized carbons (Fsp3) is 0.900. The molecule has 0 saturated heterocycles. The number of carbonyl (C=O) groups excluding carboxylic acids is 1. The number of nitrogens with one attached hydrogen (secondary N) is 2. The van der Waals surface area contributed by atoms with Gasteiger partial charge in [-0.1, -0.05) is 19.3 Å². The summed E-state index contributed by atoms with van der Waals surface area (Å²) >= 11 is 0. The minimum atomic E-state index is 0. The normalized spacial score (nSPS) is 15.8.